The second-order valence-corrected chi connectivity index (χ2v) is 6.65. The van der Waals surface area contributed by atoms with E-state index in [2.05, 4.69) is 48.6 Å². The molecule has 1 aromatic rings. The van der Waals surface area contributed by atoms with Gasteiger partial charge in [-0.1, -0.05) is 13.0 Å². The molecule has 1 aromatic heterocycles. The fourth-order valence-electron chi connectivity index (χ4n) is 2.67. The minimum atomic E-state index is 0.492. The second kappa shape index (κ2) is 5.51. The lowest BCUT2D eigenvalue weighted by atomic mass is 9.80. The summed E-state index contributed by atoms with van der Waals surface area (Å²) in [6.07, 6.45) is 2.60. The molecule has 1 fully saturated rings. The molecule has 2 rings (SSSR count). The topological polar surface area (TPSA) is 15.3 Å². The molecule has 17 heavy (non-hydrogen) atoms. The van der Waals surface area contributed by atoms with Gasteiger partial charge in [-0.25, -0.2) is 0 Å². The third-order valence-electron chi connectivity index (χ3n) is 4.06. The van der Waals surface area contributed by atoms with E-state index in [1.54, 1.807) is 0 Å². The smallest absolute Gasteiger partial charge is 0.0410 e. The minimum absolute atomic E-state index is 0.492. The molecule has 96 valence electrons. The summed E-state index contributed by atoms with van der Waals surface area (Å²) in [6.45, 7) is 8.31. The van der Waals surface area contributed by atoms with E-state index in [9.17, 15) is 0 Å². The molecular weight excluding hydrogens is 228 g/mol. The predicted molar refractivity (Wildman–Crippen MR) is 75.6 cm³/mol. The molecule has 0 spiro atoms. The van der Waals surface area contributed by atoms with E-state index < -0.39 is 0 Å². The highest BCUT2D eigenvalue weighted by atomic mass is 32.1. The summed E-state index contributed by atoms with van der Waals surface area (Å²) in [5.41, 5.74) is 0.492. The normalized spacial score (nSPS) is 21.6. The Kier molecular flexibility index (Phi) is 4.23. The zero-order chi connectivity index (χ0) is 12.3. The van der Waals surface area contributed by atoms with Crippen LogP contribution in [0.15, 0.2) is 17.5 Å². The van der Waals surface area contributed by atoms with E-state index in [1.165, 1.54) is 37.4 Å². The van der Waals surface area contributed by atoms with Gasteiger partial charge in [-0.15, -0.1) is 11.3 Å². The average Bonchev–Trinajstić information content (AvgIpc) is 2.81. The first-order valence-corrected chi connectivity index (χ1v) is 7.43. The first kappa shape index (κ1) is 13.1. The van der Waals surface area contributed by atoms with Gasteiger partial charge in [0.2, 0.25) is 0 Å². The van der Waals surface area contributed by atoms with Crippen molar-refractivity contribution in [2.24, 2.45) is 5.41 Å². The van der Waals surface area contributed by atoms with Crippen molar-refractivity contribution in [1.29, 1.82) is 0 Å². The van der Waals surface area contributed by atoms with Crippen LogP contribution in [-0.2, 0) is 0 Å². The van der Waals surface area contributed by atoms with Gasteiger partial charge in [-0.05, 0) is 56.8 Å². The molecule has 3 heteroatoms. The molecular formula is C14H24N2S. The van der Waals surface area contributed by atoms with Crippen LogP contribution in [0.2, 0.25) is 0 Å². The van der Waals surface area contributed by atoms with Crippen LogP contribution in [0.5, 0.6) is 0 Å². The van der Waals surface area contributed by atoms with Crippen molar-refractivity contribution in [3.63, 3.8) is 0 Å². The minimum Gasteiger partial charge on any atom is -0.317 e. The molecule has 0 aliphatic carbocycles. The fraction of sp³-hybridized carbons (Fsp3) is 0.714. The Morgan fingerprint density at radius 3 is 2.76 bits per heavy atom. The van der Waals surface area contributed by atoms with Crippen LogP contribution in [0.4, 0.5) is 0 Å². The van der Waals surface area contributed by atoms with E-state index >= 15 is 0 Å². The zero-order valence-corrected chi connectivity index (χ0v) is 12.0. The summed E-state index contributed by atoms with van der Waals surface area (Å²) in [7, 11) is 2.26. The van der Waals surface area contributed by atoms with Crippen molar-refractivity contribution in [2.75, 3.05) is 26.7 Å². The lowest BCUT2D eigenvalue weighted by Crippen LogP contribution is -2.42. The first-order chi connectivity index (χ1) is 8.11. The van der Waals surface area contributed by atoms with Gasteiger partial charge in [0, 0.05) is 17.5 Å². The standard InChI is InChI=1S/C14H24N2S/c1-12(13-5-4-10-17-13)16(3)11-14(2)6-8-15-9-7-14/h4-5,10,12,15H,6-9,11H2,1-3H3. The van der Waals surface area contributed by atoms with Gasteiger partial charge in [-0.2, -0.15) is 0 Å². The largest absolute Gasteiger partial charge is 0.317 e. The van der Waals surface area contributed by atoms with Crippen LogP contribution in [0.1, 0.15) is 37.6 Å². The van der Waals surface area contributed by atoms with E-state index in [0.29, 0.717) is 11.5 Å². The Balaban J connectivity index is 1.93. The number of nitrogens with zero attached hydrogens (tertiary/aromatic N) is 1. The van der Waals surface area contributed by atoms with Crippen molar-refractivity contribution < 1.29 is 0 Å². The van der Waals surface area contributed by atoms with Crippen LogP contribution in [-0.4, -0.2) is 31.6 Å². The Hall–Kier alpha value is -0.380. The monoisotopic (exact) mass is 252 g/mol. The highest BCUT2D eigenvalue weighted by molar-refractivity contribution is 7.10. The van der Waals surface area contributed by atoms with Gasteiger partial charge >= 0.3 is 0 Å². The summed E-state index contributed by atoms with van der Waals surface area (Å²) in [5, 5.41) is 5.63. The third-order valence-corrected chi connectivity index (χ3v) is 5.10. The molecule has 0 radical (unpaired) electrons. The van der Waals surface area contributed by atoms with Crippen molar-refractivity contribution >= 4 is 11.3 Å². The van der Waals surface area contributed by atoms with Crippen LogP contribution >= 0.6 is 11.3 Å². The molecule has 1 aliphatic heterocycles. The highest BCUT2D eigenvalue weighted by Gasteiger charge is 2.29. The van der Waals surface area contributed by atoms with Crippen molar-refractivity contribution in [1.82, 2.24) is 10.2 Å². The number of rotatable bonds is 4. The molecule has 2 nitrogen and oxygen atoms in total. The van der Waals surface area contributed by atoms with Gasteiger partial charge in [0.1, 0.15) is 0 Å². The van der Waals surface area contributed by atoms with Gasteiger partial charge in [0.05, 0.1) is 0 Å². The van der Waals surface area contributed by atoms with Crippen LogP contribution < -0.4 is 5.32 Å². The Bertz CT molecular complexity index is 328. The number of thiophene rings is 1. The van der Waals surface area contributed by atoms with Crippen molar-refractivity contribution in [3.05, 3.63) is 22.4 Å². The molecule has 0 bridgehead atoms. The van der Waals surface area contributed by atoms with Crippen LogP contribution in [0.25, 0.3) is 0 Å². The number of hydrogen-bond donors (Lipinski definition) is 1. The molecule has 0 amide bonds. The van der Waals surface area contributed by atoms with Crippen molar-refractivity contribution in [3.8, 4) is 0 Å². The zero-order valence-electron chi connectivity index (χ0n) is 11.2. The average molecular weight is 252 g/mol. The lowest BCUT2D eigenvalue weighted by Gasteiger charge is -2.39. The van der Waals surface area contributed by atoms with Gasteiger partial charge in [0.15, 0.2) is 0 Å². The fourth-order valence-corrected chi connectivity index (χ4v) is 3.52. The molecule has 1 aliphatic rings. The number of piperidine rings is 1. The summed E-state index contributed by atoms with van der Waals surface area (Å²) >= 11 is 1.87. The van der Waals surface area contributed by atoms with Crippen LogP contribution in [0.3, 0.4) is 0 Å². The SMILES string of the molecule is CC(c1cccs1)N(C)CC1(C)CCNCC1. The maximum absolute atomic E-state index is 3.45. The Morgan fingerprint density at radius 1 is 1.47 bits per heavy atom. The molecule has 1 atom stereocenters. The molecule has 0 saturated carbocycles. The Morgan fingerprint density at radius 2 is 2.18 bits per heavy atom. The molecule has 1 N–H and O–H groups in total. The summed E-state index contributed by atoms with van der Waals surface area (Å²) < 4.78 is 0. The van der Waals surface area contributed by atoms with Crippen molar-refractivity contribution in [2.45, 2.75) is 32.7 Å². The maximum Gasteiger partial charge on any atom is 0.0410 e. The molecule has 1 unspecified atom stereocenters. The number of hydrogen-bond acceptors (Lipinski definition) is 3. The lowest BCUT2D eigenvalue weighted by molar-refractivity contribution is 0.123. The Labute approximate surface area is 109 Å². The van der Waals surface area contributed by atoms with Gasteiger partial charge < -0.3 is 5.32 Å². The summed E-state index contributed by atoms with van der Waals surface area (Å²) in [6, 6.07) is 4.94. The van der Waals surface area contributed by atoms with Gasteiger partial charge in [-0.3, -0.25) is 4.90 Å². The molecule has 1 saturated heterocycles. The third kappa shape index (κ3) is 3.30. The summed E-state index contributed by atoms with van der Waals surface area (Å²) in [4.78, 5) is 3.99. The highest BCUT2D eigenvalue weighted by Crippen LogP contribution is 2.32. The quantitative estimate of drug-likeness (QED) is 0.885. The molecule has 2 heterocycles. The maximum atomic E-state index is 3.45. The first-order valence-electron chi connectivity index (χ1n) is 6.55. The van der Waals surface area contributed by atoms with E-state index in [0.717, 1.165) is 0 Å². The van der Waals surface area contributed by atoms with E-state index in [4.69, 9.17) is 0 Å². The van der Waals surface area contributed by atoms with Crippen LogP contribution in [0, 0.1) is 5.41 Å². The second-order valence-electron chi connectivity index (χ2n) is 5.67. The van der Waals surface area contributed by atoms with E-state index in [-0.39, 0.29) is 0 Å². The van der Waals surface area contributed by atoms with E-state index in [1.807, 2.05) is 11.3 Å². The molecule has 0 aromatic carbocycles. The summed E-state index contributed by atoms with van der Waals surface area (Å²) in [5.74, 6) is 0. The van der Waals surface area contributed by atoms with Gasteiger partial charge in [0.25, 0.3) is 0 Å². The number of nitrogens with one attached hydrogen (secondary N) is 1. The predicted octanol–water partition coefficient (Wildman–Crippen LogP) is 3.13.